The number of hydrogen-bond acceptors (Lipinski definition) is 10. The van der Waals surface area contributed by atoms with Gasteiger partial charge in [0.1, 0.15) is 5.78 Å². The molecule has 6 atom stereocenters. The first-order chi connectivity index (χ1) is 14.5. The molecule has 6 N–H and O–H groups in total. The molecule has 0 aromatic carbocycles. The number of nitrogens with one attached hydrogen (secondary N) is 4. The van der Waals surface area contributed by atoms with Crippen molar-refractivity contribution in [3.05, 3.63) is 5.73 Å². The van der Waals surface area contributed by atoms with E-state index < -0.39 is 35.3 Å². The Kier molecular flexibility index (Phi) is 17.3. The molecule has 12 nitrogen and oxygen atoms in total. The third-order valence-corrected chi connectivity index (χ3v) is 7.14. The second kappa shape index (κ2) is 16.8. The van der Waals surface area contributed by atoms with Gasteiger partial charge in [-0.25, -0.2) is 13.2 Å². The average molecular weight is 594 g/mol. The molecule has 2 aliphatic heterocycles. The second-order valence-corrected chi connectivity index (χ2v) is 10.1. The van der Waals surface area contributed by atoms with Gasteiger partial charge in [0.2, 0.25) is 10.4 Å². The van der Waals surface area contributed by atoms with E-state index in [2.05, 4.69) is 20.1 Å². The van der Waals surface area contributed by atoms with Crippen LogP contribution in [0.15, 0.2) is 0 Å². The second-order valence-electron chi connectivity index (χ2n) is 7.79. The molecule has 2 amide bonds. The molecule has 2 saturated heterocycles. The Morgan fingerprint density at radius 3 is 2.70 bits per heavy atom. The minimum absolute atomic E-state index is 0. The van der Waals surface area contributed by atoms with Crippen molar-refractivity contribution >= 4 is 34.0 Å². The summed E-state index contributed by atoms with van der Waals surface area (Å²) in [6.45, 7) is -0.717. The van der Waals surface area contributed by atoms with Crippen LogP contribution in [0.3, 0.4) is 0 Å². The van der Waals surface area contributed by atoms with Gasteiger partial charge in [0.05, 0.1) is 31.3 Å². The van der Waals surface area contributed by atoms with Gasteiger partial charge in [0.15, 0.2) is 0 Å². The molecular formula is C17H30N4NaO8S2Y-. The predicted octanol–water partition coefficient (Wildman–Crippen LogP) is -4.12. The van der Waals surface area contributed by atoms with Crippen molar-refractivity contribution in [2.45, 2.75) is 67.7 Å². The van der Waals surface area contributed by atoms with Gasteiger partial charge < -0.3 is 36.4 Å². The van der Waals surface area contributed by atoms with E-state index in [0.717, 1.165) is 25.0 Å². The average Bonchev–Trinajstić information content (AvgIpc) is 3.22. The zero-order valence-electron chi connectivity index (χ0n) is 18.6. The standard InChI is InChI=1S/C17H31N4O8S2.Na.Y/c18-12(14(24)5-11(23)8-29-31(26,27)28)7-19-6-10(22)3-1-2-4-15-16-13(9-30-15)20-17(25)21-16;;/h11-16,18-19,23-24H,1-9H2,(H2,20,21,25)(H,26,27,28);;/q-1;+1;/p-1/t11?,12?,13-,14?,15?,16-;;/m0../s1. The number of thioether (sulfide) groups is 1. The first-order valence-electron chi connectivity index (χ1n) is 10.1. The molecule has 0 bridgehead atoms. The molecule has 16 heteroatoms. The van der Waals surface area contributed by atoms with Crippen LogP contribution in [0.4, 0.5) is 4.79 Å². The molecule has 1 radical (unpaired) electrons. The number of carbonyl (C=O) groups excluding carboxylic acids is 2. The molecule has 33 heavy (non-hydrogen) atoms. The maximum atomic E-state index is 12.0. The number of unbranched alkanes of at least 4 members (excludes halogenated alkanes) is 1. The Labute approximate surface area is 245 Å². The fourth-order valence-corrected chi connectivity index (χ4v) is 5.44. The van der Waals surface area contributed by atoms with Gasteiger partial charge in [0, 0.05) is 62.7 Å². The molecule has 183 valence electrons. The van der Waals surface area contributed by atoms with Crippen LogP contribution in [0.2, 0.25) is 0 Å². The van der Waals surface area contributed by atoms with Gasteiger partial charge in [-0.15, -0.1) is 0 Å². The van der Waals surface area contributed by atoms with Crippen LogP contribution in [0.1, 0.15) is 32.1 Å². The van der Waals surface area contributed by atoms with Gasteiger partial charge in [-0.3, -0.25) is 8.98 Å². The zero-order valence-corrected chi connectivity index (χ0v) is 25.0. The Morgan fingerprint density at radius 2 is 2.03 bits per heavy atom. The van der Waals surface area contributed by atoms with E-state index in [9.17, 15) is 32.8 Å². The zero-order chi connectivity index (χ0) is 23.0. The van der Waals surface area contributed by atoms with Gasteiger partial charge in [0.25, 0.3) is 0 Å². The van der Waals surface area contributed by atoms with Gasteiger partial charge >= 0.3 is 35.6 Å². The van der Waals surface area contributed by atoms with Crippen LogP contribution in [0.25, 0.3) is 5.73 Å². The largest absolute Gasteiger partial charge is 1.00 e. The number of urea groups is 1. The maximum Gasteiger partial charge on any atom is 1.00 e. The van der Waals surface area contributed by atoms with E-state index >= 15 is 0 Å². The third kappa shape index (κ3) is 13.3. The number of fused-ring (bicyclic) bond motifs is 1. The van der Waals surface area contributed by atoms with Crippen molar-refractivity contribution < 1.29 is 99.2 Å². The van der Waals surface area contributed by atoms with E-state index in [4.69, 9.17) is 5.73 Å². The summed E-state index contributed by atoms with van der Waals surface area (Å²) < 4.78 is 34.9. The fourth-order valence-electron chi connectivity index (χ4n) is 3.58. The topological polar surface area (TPSA) is 201 Å². The molecule has 0 spiro atoms. The van der Waals surface area contributed by atoms with E-state index in [-0.39, 0.29) is 106 Å². The third-order valence-electron chi connectivity index (χ3n) is 5.20. The number of carbonyl (C=O) groups is 2. The molecule has 4 unspecified atom stereocenters. The Bertz CT molecular complexity index is 723. The van der Waals surface area contributed by atoms with Crippen molar-refractivity contribution in [3.8, 4) is 0 Å². The SMILES string of the molecule is [NH-]C(CNCC(=O)CCCCC1SC[C@@H]2NC(=O)N[C@H]12)C(O)CC(O)COS(=O)(=O)[O-].[Na+].[Y]. The number of hydrogen-bond donors (Lipinski definition) is 5. The van der Waals surface area contributed by atoms with Crippen LogP contribution in [0.5, 0.6) is 0 Å². The molecule has 0 aromatic rings. The predicted molar refractivity (Wildman–Crippen MR) is 112 cm³/mol. The van der Waals surface area contributed by atoms with E-state index in [1.165, 1.54) is 0 Å². The van der Waals surface area contributed by atoms with Crippen LogP contribution in [0, 0.1) is 0 Å². The normalized spacial score (nSPS) is 24.5. The van der Waals surface area contributed by atoms with Crippen LogP contribution < -0.4 is 45.5 Å². The minimum Gasteiger partial charge on any atom is -0.726 e. The summed E-state index contributed by atoms with van der Waals surface area (Å²) in [5, 5.41) is 28.4. The fraction of sp³-hybridized carbons (Fsp3) is 0.882. The number of amides is 2. The number of Topliss-reactive ketones (excluding diaryl/α,β-unsaturated/α-hetero) is 1. The summed E-state index contributed by atoms with van der Waals surface area (Å²) in [5.74, 6) is 0.891. The Hall–Kier alpha value is 1.10. The molecule has 0 aliphatic carbocycles. The summed E-state index contributed by atoms with van der Waals surface area (Å²) in [6, 6.07) is -0.813. The number of aliphatic hydroxyl groups excluding tert-OH is 2. The van der Waals surface area contributed by atoms with E-state index in [1.54, 1.807) is 0 Å². The quantitative estimate of drug-likeness (QED) is 0.0408. The molecule has 0 saturated carbocycles. The molecule has 2 fully saturated rings. The molecule has 2 heterocycles. The number of ketones is 1. The summed E-state index contributed by atoms with van der Waals surface area (Å²) >= 11 is 1.83. The summed E-state index contributed by atoms with van der Waals surface area (Å²) in [5.41, 5.74) is 7.81. The van der Waals surface area contributed by atoms with Crippen LogP contribution in [-0.2, 0) is 52.1 Å². The van der Waals surface area contributed by atoms with Crippen molar-refractivity contribution in [2.24, 2.45) is 0 Å². The summed E-state index contributed by atoms with van der Waals surface area (Å²) in [4.78, 5) is 23.3. The smallest absolute Gasteiger partial charge is 0.726 e. The molecule has 2 aliphatic rings. The Balaban J connectivity index is 0.00000512. The number of rotatable bonds is 15. The maximum absolute atomic E-state index is 12.0. The molecular weight excluding hydrogens is 564 g/mol. The monoisotopic (exact) mass is 594 g/mol. The number of aliphatic hydroxyl groups is 2. The molecule has 2 rings (SSSR count). The van der Waals surface area contributed by atoms with Gasteiger partial charge in [-0.2, -0.15) is 11.8 Å². The Morgan fingerprint density at radius 1 is 1.33 bits per heavy atom. The van der Waals surface area contributed by atoms with Crippen molar-refractivity contribution in [1.29, 1.82) is 0 Å². The van der Waals surface area contributed by atoms with E-state index in [0.29, 0.717) is 11.7 Å². The van der Waals surface area contributed by atoms with Crippen molar-refractivity contribution in [3.63, 3.8) is 0 Å². The van der Waals surface area contributed by atoms with Gasteiger partial charge in [-0.1, -0.05) is 12.5 Å². The molecule has 0 aromatic heterocycles. The van der Waals surface area contributed by atoms with Crippen molar-refractivity contribution in [1.82, 2.24) is 16.0 Å². The van der Waals surface area contributed by atoms with E-state index in [1.807, 2.05) is 11.8 Å². The summed E-state index contributed by atoms with van der Waals surface area (Å²) in [7, 11) is -4.93. The van der Waals surface area contributed by atoms with Crippen LogP contribution in [-0.4, -0.2) is 96.0 Å². The first kappa shape index (κ1) is 34.1. The summed E-state index contributed by atoms with van der Waals surface area (Å²) in [6.07, 6.45) is -0.0949. The van der Waals surface area contributed by atoms with Gasteiger partial charge in [-0.05, 0) is 19.4 Å². The van der Waals surface area contributed by atoms with Crippen molar-refractivity contribution in [2.75, 3.05) is 25.4 Å². The van der Waals surface area contributed by atoms with Crippen LogP contribution >= 0.6 is 11.8 Å². The minimum atomic E-state index is -4.93. The first-order valence-corrected chi connectivity index (χ1v) is 12.5.